The zero-order valence-electron chi connectivity index (χ0n) is 19.5. The Balaban J connectivity index is 0.00000158. The van der Waals surface area contributed by atoms with Crippen LogP contribution >= 0.6 is 11.6 Å². The Bertz CT molecular complexity index is 1150. The highest BCUT2D eigenvalue weighted by Gasteiger charge is 2.33. The van der Waals surface area contributed by atoms with Gasteiger partial charge in [-0.1, -0.05) is 25.4 Å². The molecule has 3 aromatic rings. The van der Waals surface area contributed by atoms with E-state index >= 15 is 0 Å². The molecule has 1 unspecified atom stereocenters. The number of H-pyrrole nitrogens is 1. The Morgan fingerprint density at radius 1 is 1.26 bits per heavy atom. The van der Waals surface area contributed by atoms with Gasteiger partial charge in [0.2, 0.25) is 5.91 Å². The molecule has 0 spiro atoms. The fourth-order valence-corrected chi connectivity index (χ4v) is 3.98. The van der Waals surface area contributed by atoms with E-state index in [0.717, 1.165) is 0 Å². The van der Waals surface area contributed by atoms with Crippen molar-refractivity contribution in [2.45, 2.75) is 51.7 Å². The van der Waals surface area contributed by atoms with Gasteiger partial charge in [0, 0.05) is 37.3 Å². The average molecular weight is 488 g/mol. The summed E-state index contributed by atoms with van der Waals surface area (Å²) in [5, 5.41) is 23.6. The number of amides is 2. The lowest BCUT2D eigenvalue weighted by Gasteiger charge is -2.37. The maximum Gasteiger partial charge on any atom is 0.268 e. The van der Waals surface area contributed by atoms with Crippen molar-refractivity contribution in [3.05, 3.63) is 53.1 Å². The largest absolute Gasteiger partial charge is 0.506 e. The van der Waals surface area contributed by atoms with Gasteiger partial charge in [-0.15, -0.1) is 0 Å². The number of nitrogens with zero attached hydrogens (tertiary/aromatic N) is 3. The van der Waals surface area contributed by atoms with Gasteiger partial charge in [-0.2, -0.15) is 0 Å². The number of hydrogen-bond acceptors (Lipinski definition) is 6. The molecule has 4 rings (SSSR count). The average Bonchev–Trinajstić information content (AvgIpc) is 3.24. The second kappa shape index (κ2) is 10.8. The summed E-state index contributed by atoms with van der Waals surface area (Å²) in [5.41, 5.74) is 0.560. The molecule has 0 aliphatic carbocycles. The van der Waals surface area contributed by atoms with Crippen LogP contribution in [0.15, 0.2) is 36.8 Å². The number of nitrogens with one attached hydrogen (secondary N) is 2. The number of pyridine rings is 2. The topological polar surface area (TPSA) is 131 Å². The standard InChI is InChI=1S/C22H24ClN5O4.C2H6/c1-22(32)3-6-28(7-4-22)21(31)18(9-13-2-5-24-12-16(13)23)27-20(30)17-10-14-8-15(29)11-25-19(14)26-17;1-2/h2,5,8,10-12,18,29,32H,3-4,6-7,9H2,1H3,(H,25,26)(H,27,30);1-2H3. The molecule has 0 radical (unpaired) electrons. The molecule has 1 fully saturated rings. The normalized spacial score (nSPS) is 15.9. The van der Waals surface area contributed by atoms with E-state index in [0.29, 0.717) is 47.6 Å². The van der Waals surface area contributed by atoms with E-state index in [4.69, 9.17) is 11.6 Å². The van der Waals surface area contributed by atoms with Gasteiger partial charge in [-0.25, -0.2) is 4.98 Å². The third-order valence-corrected chi connectivity index (χ3v) is 6.08. The smallest absolute Gasteiger partial charge is 0.268 e. The van der Waals surface area contributed by atoms with Crippen LogP contribution in [0.4, 0.5) is 0 Å². The first-order valence-corrected chi connectivity index (χ1v) is 11.7. The fraction of sp³-hybridized carbons (Fsp3) is 0.417. The van der Waals surface area contributed by atoms with Crippen LogP contribution in [0, 0.1) is 0 Å². The first kappa shape index (κ1) is 25.5. The molecule has 34 heavy (non-hydrogen) atoms. The van der Waals surface area contributed by atoms with E-state index in [1.165, 1.54) is 18.5 Å². The highest BCUT2D eigenvalue weighted by Crippen LogP contribution is 2.23. The summed E-state index contributed by atoms with van der Waals surface area (Å²) in [6.45, 7) is 6.56. The summed E-state index contributed by atoms with van der Waals surface area (Å²) in [4.78, 5) is 38.9. The van der Waals surface area contributed by atoms with Crippen molar-refractivity contribution >= 4 is 34.4 Å². The minimum Gasteiger partial charge on any atom is -0.506 e. The van der Waals surface area contributed by atoms with Gasteiger partial charge in [-0.3, -0.25) is 14.6 Å². The number of rotatable bonds is 5. The molecule has 1 aliphatic rings. The van der Waals surface area contributed by atoms with E-state index < -0.39 is 17.6 Å². The number of piperidine rings is 1. The maximum atomic E-state index is 13.3. The molecule has 4 heterocycles. The van der Waals surface area contributed by atoms with Crippen molar-refractivity contribution in [1.29, 1.82) is 0 Å². The van der Waals surface area contributed by atoms with E-state index in [1.807, 2.05) is 13.8 Å². The van der Waals surface area contributed by atoms with Crippen LogP contribution in [-0.4, -0.2) is 66.6 Å². The number of likely N-dealkylation sites (tertiary alicyclic amines) is 1. The summed E-state index contributed by atoms with van der Waals surface area (Å²) < 4.78 is 0. The third kappa shape index (κ3) is 6.03. The summed E-state index contributed by atoms with van der Waals surface area (Å²) in [6.07, 6.45) is 5.48. The lowest BCUT2D eigenvalue weighted by Crippen LogP contribution is -2.53. The monoisotopic (exact) mass is 487 g/mol. The summed E-state index contributed by atoms with van der Waals surface area (Å²) in [5.74, 6) is -0.728. The predicted octanol–water partition coefficient (Wildman–Crippen LogP) is 3.06. The highest BCUT2D eigenvalue weighted by atomic mass is 35.5. The minimum atomic E-state index is -0.863. The molecule has 0 aromatic carbocycles. The summed E-state index contributed by atoms with van der Waals surface area (Å²) in [6, 6.07) is 3.91. The molecular weight excluding hydrogens is 458 g/mol. The van der Waals surface area contributed by atoms with Gasteiger partial charge in [0.05, 0.1) is 16.8 Å². The van der Waals surface area contributed by atoms with Crippen LogP contribution in [0.25, 0.3) is 11.0 Å². The Morgan fingerprint density at radius 3 is 2.65 bits per heavy atom. The van der Waals surface area contributed by atoms with Crippen LogP contribution in [0.2, 0.25) is 5.02 Å². The first-order valence-electron chi connectivity index (χ1n) is 11.3. The minimum absolute atomic E-state index is 0.00942. The predicted molar refractivity (Wildman–Crippen MR) is 130 cm³/mol. The van der Waals surface area contributed by atoms with Gasteiger partial charge in [0.1, 0.15) is 23.1 Å². The Morgan fingerprint density at radius 2 is 1.97 bits per heavy atom. The van der Waals surface area contributed by atoms with E-state index in [-0.39, 0.29) is 23.8 Å². The molecule has 1 aliphatic heterocycles. The van der Waals surface area contributed by atoms with Gasteiger partial charge in [0.15, 0.2) is 0 Å². The van der Waals surface area contributed by atoms with Gasteiger partial charge < -0.3 is 25.4 Å². The molecule has 1 atom stereocenters. The number of aromatic hydroxyl groups is 1. The highest BCUT2D eigenvalue weighted by molar-refractivity contribution is 6.31. The van der Waals surface area contributed by atoms with Crippen molar-refractivity contribution in [3.8, 4) is 5.75 Å². The molecule has 0 saturated carbocycles. The van der Waals surface area contributed by atoms with Crippen LogP contribution in [0.3, 0.4) is 0 Å². The Hall–Kier alpha value is -3.17. The van der Waals surface area contributed by atoms with Crippen LogP contribution in [-0.2, 0) is 11.2 Å². The molecule has 3 aromatic heterocycles. The first-order chi connectivity index (χ1) is 16.2. The van der Waals surface area contributed by atoms with E-state index in [9.17, 15) is 19.8 Å². The third-order valence-electron chi connectivity index (χ3n) is 5.74. The number of hydrogen-bond donors (Lipinski definition) is 4. The molecule has 0 bridgehead atoms. The second-order valence-corrected chi connectivity index (χ2v) is 8.74. The molecule has 182 valence electrons. The summed E-state index contributed by atoms with van der Waals surface area (Å²) in [7, 11) is 0. The zero-order chi connectivity index (χ0) is 24.9. The van der Waals surface area contributed by atoms with Gasteiger partial charge in [0.25, 0.3) is 5.91 Å². The van der Waals surface area contributed by atoms with Crippen LogP contribution in [0.1, 0.15) is 49.7 Å². The molecule has 2 amide bonds. The maximum absolute atomic E-state index is 13.3. The van der Waals surface area contributed by atoms with E-state index in [1.54, 1.807) is 30.2 Å². The number of carbonyl (C=O) groups excluding carboxylic acids is 2. The Kier molecular flexibility index (Phi) is 8.11. The van der Waals surface area contributed by atoms with Crippen molar-refractivity contribution < 1.29 is 19.8 Å². The Labute approximate surface area is 203 Å². The number of aliphatic hydroxyl groups is 1. The van der Waals surface area contributed by atoms with Crippen LogP contribution < -0.4 is 5.32 Å². The van der Waals surface area contributed by atoms with Crippen molar-refractivity contribution in [2.75, 3.05) is 13.1 Å². The van der Waals surface area contributed by atoms with Gasteiger partial charge in [-0.05, 0) is 43.5 Å². The lowest BCUT2D eigenvalue weighted by molar-refractivity contribution is -0.137. The summed E-state index contributed by atoms with van der Waals surface area (Å²) >= 11 is 6.25. The number of fused-ring (bicyclic) bond motifs is 1. The number of carbonyl (C=O) groups is 2. The molecule has 4 N–H and O–H groups in total. The van der Waals surface area contributed by atoms with Gasteiger partial charge >= 0.3 is 0 Å². The molecule has 10 heteroatoms. The van der Waals surface area contributed by atoms with Crippen molar-refractivity contribution in [2.24, 2.45) is 0 Å². The lowest BCUT2D eigenvalue weighted by atomic mass is 9.93. The van der Waals surface area contributed by atoms with Crippen molar-refractivity contribution in [1.82, 2.24) is 25.2 Å². The van der Waals surface area contributed by atoms with Crippen molar-refractivity contribution in [3.63, 3.8) is 0 Å². The zero-order valence-corrected chi connectivity index (χ0v) is 20.3. The number of halogens is 1. The quantitative estimate of drug-likeness (QED) is 0.437. The molecular formula is C24H30ClN5O4. The van der Waals surface area contributed by atoms with Crippen LogP contribution in [0.5, 0.6) is 5.75 Å². The number of aromatic nitrogens is 3. The second-order valence-electron chi connectivity index (χ2n) is 8.33. The van der Waals surface area contributed by atoms with E-state index in [2.05, 4.69) is 20.3 Å². The molecule has 1 saturated heterocycles. The number of aromatic amines is 1. The SMILES string of the molecule is CC.CC1(O)CCN(C(=O)C(Cc2ccncc2Cl)NC(=O)c2cc3cc(O)cnc3[nH]2)CC1. The molecule has 9 nitrogen and oxygen atoms in total. The fourth-order valence-electron chi connectivity index (χ4n) is 3.78.